The van der Waals surface area contributed by atoms with Gasteiger partial charge in [-0.05, 0) is 66.9 Å². The molecule has 3 aromatic rings. The van der Waals surface area contributed by atoms with Crippen LogP contribution in [0.4, 0.5) is 10.1 Å². The second kappa shape index (κ2) is 12.1. The quantitative estimate of drug-likeness (QED) is 0.336. The summed E-state index contributed by atoms with van der Waals surface area (Å²) in [6, 6.07) is 22.4. The van der Waals surface area contributed by atoms with Gasteiger partial charge in [-0.1, -0.05) is 48.2 Å². The third-order valence-electron chi connectivity index (χ3n) is 7.50. The highest BCUT2D eigenvalue weighted by Gasteiger charge is 2.34. The van der Waals surface area contributed by atoms with Crippen molar-refractivity contribution in [2.75, 3.05) is 33.8 Å². The lowest BCUT2D eigenvalue weighted by Gasteiger charge is -2.41. The van der Waals surface area contributed by atoms with Crippen LogP contribution in [0.1, 0.15) is 23.1 Å². The molecule has 1 aliphatic carbocycles. The first-order valence-electron chi connectivity index (χ1n) is 12.5. The maximum absolute atomic E-state index is 14.2. The second-order valence-corrected chi connectivity index (χ2v) is 10.9. The lowest BCUT2D eigenvalue weighted by Crippen LogP contribution is -2.53. The molecule has 1 saturated heterocycles. The number of aryl methyl sites for hydroxylation is 1. The monoisotopic (exact) mass is 571 g/mol. The Labute approximate surface area is 240 Å². The van der Waals surface area contributed by atoms with E-state index in [0.717, 1.165) is 61.1 Å². The molecule has 1 atom stereocenters. The zero-order valence-electron chi connectivity index (χ0n) is 21.5. The Hall–Kier alpha value is -2.51. The molecule has 0 bridgehead atoms. The molecule has 200 valence electrons. The summed E-state index contributed by atoms with van der Waals surface area (Å²) in [7, 11) is 3.94. The lowest BCUT2D eigenvalue weighted by atomic mass is 10.00. The smallest absolute Gasteiger partial charge is 0.138 e. The minimum absolute atomic E-state index is 0. The largest absolute Gasteiger partial charge is 0.497 e. The SMILES string of the molecule is COc1cccc(CC[C@H]2CN(C3=Nc4ccc(F)cc4SC4=C3c3ccccc3C4)CCN2C)c1.Cl.Cl. The molecule has 38 heavy (non-hydrogen) atoms. The van der Waals surface area contributed by atoms with Crippen LogP contribution in [0.2, 0.25) is 0 Å². The molecule has 3 aliphatic rings. The third kappa shape index (κ3) is 5.59. The van der Waals surface area contributed by atoms with Gasteiger partial charge < -0.3 is 9.64 Å². The van der Waals surface area contributed by atoms with Crippen LogP contribution >= 0.6 is 36.6 Å². The molecular formula is C30H32Cl2FN3OS. The van der Waals surface area contributed by atoms with Crippen molar-refractivity contribution in [3.05, 3.63) is 94.1 Å². The van der Waals surface area contributed by atoms with E-state index in [1.54, 1.807) is 24.9 Å². The molecule has 0 unspecified atom stereocenters. The predicted octanol–water partition coefficient (Wildman–Crippen LogP) is 7.03. The van der Waals surface area contributed by atoms with Crippen LogP contribution in [0.5, 0.6) is 5.75 Å². The van der Waals surface area contributed by atoms with Crippen LogP contribution in [0.25, 0.3) is 5.57 Å². The summed E-state index contributed by atoms with van der Waals surface area (Å²) >= 11 is 1.68. The average Bonchev–Trinajstić information content (AvgIpc) is 3.17. The van der Waals surface area contributed by atoms with Crippen molar-refractivity contribution in [1.82, 2.24) is 9.80 Å². The predicted molar refractivity (Wildman–Crippen MR) is 160 cm³/mol. The fourth-order valence-electron chi connectivity index (χ4n) is 5.47. The number of halogens is 3. The molecule has 0 saturated carbocycles. The van der Waals surface area contributed by atoms with Crippen molar-refractivity contribution in [1.29, 1.82) is 0 Å². The maximum Gasteiger partial charge on any atom is 0.138 e. The zero-order chi connectivity index (χ0) is 24.6. The molecule has 2 aliphatic heterocycles. The number of rotatable bonds is 4. The number of aliphatic imine (C=N–C) groups is 1. The highest BCUT2D eigenvalue weighted by Crippen LogP contribution is 2.48. The van der Waals surface area contributed by atoms with Crippen molar-refractivity contribution >= 4 is 53.7 Å². The van der Waals surface area contributed by atoms with E-state index in [1.165, 1.54) is 33.2 Å². The number of methoxy groups -OCH3 is 1. The number of ether oxygens (including phenoxy) is 1. The van der Waals surface area contributed by atoms with Gasteiger partial charge in [0.1, 0.15) is 17.4 Å². The Bertz CT molecular complexity index is 1380. The molecule has 0 N–H and O–H groups in total. The van der Waals surface area contributed by atoms with Gasteiger partial charge in [0.2, 0.25) is 0 Å². The van der Waals surface area contributed by atoms with Gasteiger partial charge in [-0.15, -0.1) is 24.8 Å². The van der Waals surface area contributed by atoms with E-state index >= 15 is 0 Å². The molecule has 0 radical (unpaired) electrons. The lowest BCUT2D eigenvalue weighted by molar-refractivity contribution is 0.135. The highest BCUT2D eigenvalue weighted by molar-refractivity contribution is 8.03. The fraction of sp³-hybridized carbons (Fsp3) is 0.300. The molecular weight excluding hydrogens is 540 g/mol. The average molecular weight is 573 g/mol. The van der Waals surface area contributed by atoms with Crippen molar-refractivity contribution in [3.63, 3.8) is 0 Å². The second-order valence-electron chi connectivity index (χ2n) is 9.75. The number of allylic oxidation sites excluding steroid dienone is 1. The first-order chi connectivity index (χ1) is 17.6. The minimum atomic E-state index is -0.213. The highest BCUT2D eigenvalue weighted by atomic mass is 35.5. The maximum atomic E-state index is 14.2. The first kappa shape index (κ1) is 28.5. The molecule has 1 fully saturated rings. The van der Waals surface area contributed by atoms with Gasteiger partial charge in [0.05, 0.1) is 12.8 Å². The van der Waals surface area contributed by atoms with E-state index in [4.69, 9.17) is 9.73 Å². The number of hydrogen-bond acceptors (Lipinski definition) is 5. The first-order valence-corrected chi connectivity index (χ1v) is 13.4. The molecule has 0 aromatic heterocycles. The molecule has 6 rings (SSSR count). The molecule has 0 spiro atoms. The number of nitrogens with zero attached hydrogens (tertiary/aromatic N) is 3. The summed E-state index contributed by atoms with van der Waals surface area (Å²) in [4.78, 5) is 12.3. The summed E-state index contributed by atoms with van der Waals surface area (Å²) < 4.78 is 19.6. The van der Waals surface area contributed by atoms with Crippen LogP contribution < -0.4 is 4.74 Å². The van der Waals surface area contributed by atoms with Gasteiger partial charge in [-0.25, -0.2) is 9.38 Å². The Morgan fingerprint density at radius 3 is 2.71 bits per heavy atom. The van der Waals surface area contributed by atoms with Gasteiger partial charge in [0.25, 0.3) is 0 Å². The molecule has 3 aromatic carbocycles. The number of fused-ring (bicyclic) bond motifs is 3. The van der Waals surface area contributed by atoms with Crippen molar-refractivity contribution in [3.8, 4) is 5.75 Å². The summed E-state index contributed by atoms with van der Waals surface area (Å²) in [6.07, 6.45) is 2.94. The van der Waals surface area contributed by atoms with E-state index < -0.39 is 0 Å². The van der Waals surface area contributed by atoms with Crippen molar-refractivity contribution in [2.45, 2.75) is 30.2 Å². The van der Waals surface area contributed by atoms with Crippen LogP contribution in [-0.2, 0) is 12.8 Å². The number of likely N-dealkylation sites (N-methyl/N-ethyl adjacent to an activating group) is 1. The van der Waals surface area contributed by atoms with Crippen LogP contribution in [0, 0.1) is 5.82 Å². The Kier molecular flexibility index (Phi) is 9.09. The number of piperazine rings is 1. The summed E-state index contributed by atoms with van der Waals surface area (Å²) in [6.45, 7) is 2.82. The van der Waals surface area contributed by atoms with E-state index in [-0.39, 0.29) is 30.6 Å². The molecule has 8 heteroatoms. The van der Waals surface area contributed by atoms with Crippen molar-refractivity contribution in [2.24, 2.45) is 4.99 Å². The van der Waals surface area contributed by atoms with Crippen LogP contribution in [0.3, 0.4) is 0 Å². The third-order valence-corrected chi connectivity index (χ3v) is 8.64. The zero-order valence-corrected chi connectivity index (χ0v) is 24.0. The number of benzene rings is 3. The fourth-order valence-corrected chi connectivity index (χ4v) is 6.65. The van der Waals surface area contributed by atoms with Gasteiger partial charge in [-0.3, -0.25) is 4.90 Å². The minimum Gasteiger partial charge on any atom is -0.497 e. The van der Waals surface area contributed by atoms with Gasteiger partial charge in [0, 0.05) is 47.5 Å². The number of hydrogen-bond donors (Lipinski definition) is 0. The number of amidine groups is 1. The Morgan fingerprint density at radius 1 is 1.03 bits per heavy atom. The molecule has 0 amide bonds. The normalized spacial score (nSPS) is 18.3. The standard InChI is InChI=1S/C30H30FN3OS.2ClH/c1-33-14-15-34(19-23(33)12-10-20-6-5-8-24(16-20)35-2)30-29-25-9-4-3-7-21(25)17-28(29)36-27-18-22(31)11-13-26(27)32-30;;/h3-9,11,13,16,18,23H,10,12,14-15,17,19H2,1-2H3;2*1H/t23-;;/m0../s1. The van der Waals surface area contributed by atoms with Crippen molar-refractivity contribution < 1.29 is 9.13 Å². The van der Waals surface area contributed by atoms with E-state index in [9.17, 15) is 4.39 Å². The topological polar surface area (TPSA) is 28.1 Å². The summed E-state index contributed by atoms with van der Waals surface area (Å²) in [5.41, 5.74) is 5.97. The Morgan fingerprint density at radius 2 is 1.87 bits per heavy atom. The van der Waals surface area contributed by atoms with E-state index in [1.807, 2.05) is 12.1 Å². The van der Waals surface area contributed by atoms with Gasteiger partial charge in [-0.2, -0.15) is 0 Å². The van der Waals surface area contributed by atoms with Crippen LogP contribution in [-0.4, -0.2) is 55.5 Å². The van der Waals surface area contributed by atoms with Gasteiger partial charge >= 0.3 is 0 Å². The molecule has 4 nitrogen and oxygen atoms in total. The summed E-state index contributed by atoms with van der Waals surface area (Å²) in [5.74, 6) is 1.73. The van der Waals surface area contributed by atoms with Gasteiger partial charge in [0.15, 0.2) is 0 Å². The Balaban J connectivity index is 0.00000168. The van der Waals surface area contributed by atoms with E-state index in [0.29, 0.717) is 6.04 Å². The van der Waals surface area contributed by atoms with E-state index in [2.05, 4.69) is 59.3 Å². The van der Waals surface area contributed by atoms with Crippen LogP contribution in [0.15, 0.2) is 81.5 Å². The molecule has 2 heterocycles. The summed E-state index contributed by atoms with van der Waals surface area (Å²) in [5, 5.41) is 0. The number of thioether (sulfide) groups is 1.